The van der Waals surface area contributed by atoms with E-state index in [1.165, 1.54) is 18.3 Å². The Labute approximate surface area is 183 Å². The highest BCUT2D eigenvalue weighted by atomic mass is 35.5. The minimum atomic E-state index is -1.41. The van der Waals surface area contributed by atoms with Gasteiger partial charge in [-0.05, 0) is 43.2 Å². The molecule has 1 fully saturated rings. The molecule has 156 valence electrons. The number of aromatic nitrogens is 1. The van der Waals surface area contributed by atoms with Gasteiger partial charge >= 0.3 is 0 Å². The van der Waals surface area contributed by atoms with E-state index in [0.29, 0.717) is 36.2 Å². The number of pyridine rings is 1. The van der Waals surface area contributed by atoms with Crippen molar-refractivity contribution in [1.82, 2.24) is 4.98 Å². The molecule has 0 radical (unpaired) electrons. The Kier molecular flexibility index (Phi) is 7.62. The van der Waals surface area contributed by atoms with Crippen molar-refractivity contribution < 1.29 is 13.4 Å². The molecule has 1 atom stereocenters. The fourth-order valence-corrected chi connectivity index (χ4v) is 5.30. The van der Waals surface area contributed by atoms with Crippen molar-refractivity contribution in [1.29, 1.82) is 5.26 Å². The minimum absolute atomic E-state index is 0.00838. The van der Waals surface area contributed by atoms with Gasteiger partial charge in [0.05, 0.1) is 28.2 Å². The molecule has 1 aliphatic heterocycles. The molecule has 0 N–H and O–H groups in total. The zero-order valence-electron chi connectivity index (χ0n) is 16.7. The van der Waals surface area contributed by atoms with Crippen molar-refractivity contribution in [2.45, 2.75) is 50.6 Å². The summed E-state index contributed by atoms with van der Waals surface area (Å²) in [5.41, 5.74) is 1.72. The second-order valence-electron chi connectivity index (χ2n) is 7.33. The highest BCUT2D eigenvalue weighted by Crippen LogP contribution is 2.30. The third-order valence-electron chi connectivity index (χ3n) is 5.32. The van der Waals surface area contributed by atoms with Crippen molar-refractivity contribution in [2.24, 2.45) is 0 Å². The van der Waals surface area contributed by atoms with E-state index in [9.17, 15) is 13.4 Å². The van der Waals surface area contributed by atoms with E-state index in [4.69, 9.17) is 16.9 Å². The molecule has 0 aliphatic carbocycles. The van der Waals surface area contributed by atoms with Gasteiger partial charge in [-0.15, -0.1) is 0 Å². The minimum Gasteiger partial charge on any atom is -0.294 e. The summed E-state index contributed by atoms with van der Waals surface area (Å²) in [4.78, 5) is 16.2. The molecule has 9 heteroatoms. The second-order valence-corrected chi connectivity index (χ2v) is 9.40. The summed E-state index contributed by atoms with van der Waals surface area (Å²) in [5, 5.41) is 8.98. The number of rotatable bonds is 7. The number of carbonyl (C=O) groups is 1. The molecule has 2 heterocycles. The fourth-order valence-electron chi connectivity index (χ4n) is 3.51. The third kappa shape index (κ3) is 5.27. The molecule has 3 rings (SSSR count). The number of hydrogen-bond donors (Lipinski definition) is 0. The maximum absolute atomic E-state index is 13.7. The monoisotopic (exact) mass is 445 g/mol. The smallest absolute Gasteiger partial charge is 0.267 e. The number of hydrogen-bond acceptors (Lipinski definition) is 4. The highest BCUT2D eigenvalue weighted by molar-refractivity contribution is 7.87. The summed E-state index contributed by atoms with van der Waals surface area (Å²) >= 11 is 5.97. The lowest BCUT2D eigenvalue weighted by atomic mass is 9.43. The van der Waals surface area contributed by atoms with Gasteiger partial charge in [-0.1, -0.05) is 31.2 Å². The van der Waals surface area contributed by atoms with Crippen LogP contribution in [0.1, 0.15) is 42.2 Å². The van der Waals surface area contributed by atoms with E-state index in [1.54, 1.807) is 29.4 Å². The molecule has 1 aromatic carbocycles. The molecule has 1 unspecified atom stereocenters. The first-order valence-corrected chi connectivity index (χ1v) is 11.5. The zero-order chi connectivity index (χ0) is 21.7. The van der Waals surface area contributed by atoms with Crippen LogP contribution in [0.5, 0.6) is 0 Å². The summed E-state index contributed by atoms with van der Waals surface area (Å²) in [6.07, 6.45) is 4.74. The van der Waals surface area contributed by atoms with Gasteiger partial charge < -0.3 is 0 Å². The predicted octanol–water partition coefficient (Wildman–Crippen LogP) is 4.86. The summed E-state index contributed by atoms with van der Waals surface area (Å²) in [6.45, 7) is 2.03. The Morgan fingerprint density at radius 1 is 1.37 bits per heavy atom. The van der Waals surface area contributed by atoms with Crippen LogP contribution in [0.25, 0.3) is 0 Å². The Bertz CT molecular complexity index is 975. The Balaban J connectivity index is 1.86. The topological polar surface area (TPSA) is 74.1 Å². The molecule has 30 heavy (non-hydrogen) atoms. The van der Waals surface area contributed by atoms with Gasteiger partial charge in [-0.3, -0.25) is 14.1 Å². The molecule has 0 spiro atoms. The van der Waals surface area contributed by atoms with Gasteiger partial charge in [0, 0.05) is 24.1 Å². The number of benzene rings is 1. The number of anilines is 1. The molecule has 2 aromatic rings. The van der Waals surface area contributed by atoms with Crippen LogP contribution >= 0.6 is 11.6 Å². The van der Waals surface area contributed by atoms with Crippen LogP contribution in [0.3, 0.4) is 0 Å². The standard InChI is InChI=1S/C21H22BClFN3O2S/c1-2-21(28)15-3-4-16(26-12-15)13-27(17-5-6-20(24)19(23)11-17)30(29)18-7-9-22(14-25)10-8-18/h3-6,11-12,18H,2,7-10,13H2,1H3. The van der Waals surface area contributed by atoms with Gasteiger partial charge in [0.25, 0.3) is 6.71 Å². The van der Waals surface area contributed by atoms with Crippen LogP contribution < -0.4 is 4.31 Å². The van der Waals surface area contributed by atoms with E-state index in [1.807, 2.05) is 0 Å². The van der Waals surface area contributed by atoms with E-state index < -0.39 is 16.8 Å². The molecule has 0 bridgehead atoms. The lowest BCUT2D eigenvalue weighted by molar-refractivity contribution is 0.0988. The van der Waals surface area contributed by atoms with Crippen LogP contribution in [-0.2, 0) is 17.5 Å². The third-order valence-corrected chi connectivity index (χ3v) is 7.43. The van der Waals surface area contributed by atoms with Crippen LogP contribution in [-0.4, -0.2) is 26.9 Å². The fraction of sp³-hybridized carbons (Fsp3) is 0.381. The zero-order valence-corrected chi connectivity index (χ0v) is 18.3. The highest BCUT2D eigenvalue weighted by Gasteiger charge is 2.31. The maximum Gasteiger partial charge on any atom is 0.267 e. The van der Waals surface area contributed by atoms with Crippen LogP contribution in [0, 0.1) is 17.0 Å². The van der Waals surface area contributed by atoms with Crippen LogP contribution in [0.4, 0.5) is 10.1 Å². The lowest BCUT2D eigenvalue weighted by Gasteiger charge is -2.30. The van der Waals surface area contributed by atoms with Crippen molar-refractivity contribution >= 4 is 40.8 Å². The first-order valence-electron chi connectivity index (χ1n) is 9.94. The molecule has 5 nitrogen and oxygen atoms in total. The lowest BCUT2D eigenvalue weighted by Crippen LogP contribution is -2.36. The second kappa shape index (κ2) is 10.2. The number of halogens is 2. The van der Waals surface area contributed by atoms with Gasteiger partial charge in [0.2, 0.25) is 0 Å². The van der Waals surface area contributed by atoms with E-state index >= 15 is 0 Å². The SMILES string of the molecule is CCC(=O)c1ccc(CN(c2ccc(F)c(Cl)c2)S(=O)C2CCB(C#N)CC2)nc1. The predicted molar refractivity (Wildman–Crippen MR) is 119 cm³/mol. The Hall–Kier alpha value is -2.24. The number of ketones is 1. The number of nitrogens with zero attached hydrogens (tertiary/aromatic N) is 3. The quantitative estimate of drug-likeness (QED) is 0.451. The number of Topliss-reactive ketones (excluding diaryl/α,β-unsaturated/α-hetero) is 1. The Morgan fingerprint density at radius 3 is 2.67 bits per heavy atom. The Morgan fingerprint density at radius 2 is 2.10 bits per heavy atom. The largest absolute Gasteiger partial charge is 0.294 e. The summed E-state index contributed by atoms with van der Waals surface area (Å²) < 4.78 is 28.8. The van der Waals surface area contributed by atoms with Crippen molar-refractivity contribution in [2.75, 3.05) is 4.31 Å². The summed E-state index contributed by atoms with van der Waals surface area (Å²) in [7, 11) is -1.41. The average Bonchev–Trinajstić information content (AvgIpc) is 2.79. The van der Waals surface area contributed by atoms with Crippen LogP contribution in [0.15, 0.2) is 36.5 Å². The number of nitriles is 1. The maximum atomic E-state index is 13.7. The van der Waals surface area contributed by atoms with Gasteiger partial charge in [-0.25, -0.2) is 13.9 Å². The summed E-state index contributed by atoms with van der Waals surface area (Å²) in [5.74, 6) is 1.76. The van der Waals surface area contributed by atoms with Crippen molar-refractivity contribution in [3.05, 3.63) is 58.6 Å². The first-order chi connectivity index (χ1) is 14.4. The van der Waals surface area contributed by atoms with Crippen LogP contribution in [0.2, 0.25) is 17.7 Å². The molecule has 1 saturated heterocycles. The molecular weight excluding hydrogens is 424 g/mol. The molecule has 0 saturated carbocycles. The first kappa shape index (κ1) is 22.5. The molecule has 1 aromatic heterocycles. The van der Waals surface area contributed by atoms with Crippen molar-refractivity contribution in [3.8, 4) is 5.97 Å². The van der Waals surface area contributed by atoms with Crippen molar-refractivity contribution in [3.63, 3.8) is 0 Å². The van der Waals surface area contributed by atoms with E-state index in [2.05, 4.69) is 11.0 Å². The van der Waals surface area contributed by atoms with Gasteiger partial charge in [-0.2, -0.15) is 0 Å². The number of carbonyl (C=O) groups excluding carboxylic acids is 1. The molecule has 1 aliphatic rings. The van der Waals surface area contributed by atoms with Gasteiger partial charge in [0.1, 0.15) is 16.8 Å². The average molecular weight is 446 g/mol. The molecular formula is C21H22BClFN3O2S. The molecule has 0 amide bonds. The van der Waals surface area contributed by atoms with Gasteiger partial charge in [0.15, 0.2) is 5.78 Å². The normalized spacial score (nSPS) is 15.5. The van der Waals surface area contributed by atoms with E-state index in [-0.39, 0.29) is 29.3 Å². The summed E-state index contributed by atoms with van der Waals surface area (Å²) in [6, 6.07) is 7.72. The van der Waals surface area contributed by atoms with E-state index in [0.717, 1.165) is 12.6 Å².